The third-order valence-electron chi connectivity index (χ3n) is 2.78. The van der Waals surface area contributed by atoms with Crippen LogP contribution in [0, 0.1) is 0 Å². The van der Waals surface area contributed by atoms with Gasteiger partial charge in [-0.3, -0.25) is 4.98 Å². The van der Waals surface area contributed by atoms with Gasteiger partial charge in [0.15, 0.2) is 0 Å². The van der Waals surface area contributed by atoms with Crippen LogP contribution in [-0.2, 0) is 6.54 Å². The zero-order valence-electron chi connectivity index (χ0n) is 10.7. The number of aromatic hydroxyl groups is 1. The number of aromatic nitrogens is 2. The number of phenols is 1. The zero-order valence-corrected chi connectivity index (χ0v) is 11.5. The van der Waals surface area contributed by atoms with Crippen LogP contribution in [0.2, 0.25) is 0 Å². The Hall–Kier alpha value is -2.40. The minimum Gasteiger partial charge on any atom is -0.508 e. The van der Waals surface area contributed by atoms with Gasteiger partial charge in [-0.2, -0.15) is 0 Å². The first kappa shape index (κ1) is 12.6. The Balaban J connectivity index is 1.67. The van der Waals surface area contributed by atoms with E-state index in [1.54, 1.807) is 29.7 Å². The molecule has 5 heteroatoms. The predicted octanol–water partition coefficient (Wildman–Crippen LogP) is 3.52. The topological polar surface area (TPSA) is 58.0 Å². The van der Waals surface area contributed by atoms with Gasteiger partial charge in [-0.25, -0.2) is 4.98 Å². The summed E-state index contributed by atoms with van der Waals surface area (Å²) in [6, 6.07) is 12.8. The quantitative estimate of drug-likeness (QED) is 0.719. The highest BCUT2D eigenvalue weighted by molar-refractivity contribution is 7.13. The number of anilines is 1. The number of nitrogens with zero attached hydrogens (tertiary/aromatic N) is 2. The minimum absolute atomic E-state index is 0.265. The van der Waals surface area contributed by atoms with E-state index in [-0.39, 0.29) is 5.75 Å². The van der Waals surface area contributed by atoms with Crippen LogP contribution in [0.5, 0.6) is 5.75 Å². The van der Waals surface area contributed by atoms with Gasteiger partial charge in [0, 0.05) is 17.3 Å². The van der Waals surface area contributed by atoms with Crippen molar-refractivity contribution in [2.75, 3.05) is 5.32 Å². The fourth-order valence-electron chi connectivity index (χ4n) is 1.77. The molecule has 0 aliphatic carbocycles. The second kappa shape index (κ2) is 5.71. The molecule has 0 bridgehead atoms. The maximum Gasteiger partial charge on any atom is 0.142 e. The van der Waals surface area contributed by atoms with Crippen LogP contribution in [0.25, 0.3) is 10.7 Å². The van der Waals surface area contributed by atoms with Crippen molar-refractivity contribution in [3.05, 3.63) is 59.7 Å². The summed E-state index contributed by atoms with van der Waals surface area (Å²) >= 11 is 1.59. The molecule has 0 unspecified atom stereocenters. The van der Waals surface area contributed by atoms with Gasteiger partial charge in [-0.15, -0.1) is 11.3 Å². The van der Waals surface area contributed by atoms with Crippen LogP contribution in [0.15, 0.2) is 54.0 Å². The maximum absolute atomic E-state index is 9.23. The van der Waals surface area contributed by atoms with E-state index < -0.39 is 0 Å². The van der Waals surface area contributed by atoms with E-state index in [9.17, 15) is 5.11 Å². The van der Waals surface area contributed by atoms with Crippen LogP contribution in [0.3, 0.4) is 0 Å². The number of phenolic OH excluding ortho intramolecular Hbond substituents is 1. The van der Waals surface area contributed by atoms with E-state index in [0.29, 0.717) is 6.54 Å². The second-order valence-electron chi connectivity index (χ2n) is 4.26. The largest absolute Gasteiger partial charge is 0.508 e. The highest BCUT2D eigenvalue weighted by atomic mass is 32.1. The molecule has 2 N–H and O–H groups in total. The van der Waals surface area contributed by atoms with E-state index >= 15 is 0 Å². The summed E-state index contributed by atoms with van der Waals surface area (Å²) in [5, 5.41) is 15.4. The Morgan fingerprint density at radius 2 is 1.95 bits per heavy atom. The van der Waals surface area contributed by atoms with Crippen LogP contribution in [0.1, 0.15) is 5.69 Å². The van der Waals surface area contributed by atoms with Gasteiger partial charge in [-0.1, -0.05) is 6.07 Å². The number of hydrogen-bond acceptors (Lipinski definition) is 5. The van der Waals surface area contributed by atoms with Gasteiger partial charge in [0.25, 0.3) is 0 Å². The van der Waals surface area contributed by atoms with Gasteiger partial charge < -0.3 is 10.4 Å². The number of rotatable bonds is 4. The fourth-order valence-corrected chi connectivity index (χ4v) is 2.56. The van der Waals surface area contributed by atoms with E-state index in [0.717, 1.165) is 22.1 Å². The average molecular weight is 283 g/mol. The first-order chi connectivity index (χ1) is 9.81. The normalized spacial score (nSPS) is 10.4. The molecule has 2 heterocycles. The Bertz CT molecular complexity index is 680. The lowest BCUT2D eigenvalue weighted by Gasteiger charge is -2.03. The van der Waals surface area contributed by atoms with Gasteiger partial charge in [-0.05, 0) is 36.4 Å². The summed E-state index contributed by atoms with van der Waals surface area (Å²) in [6.45, 7) is 0.647. The van der Waals surface area contributed by atoms with Crippen molar-refractivity contribution in [2.24, 2.45) is 0 Å². The minimum atomic E-state index is 0.265. The molecule has 20 heavy (non-hydrogen) atoms. The van der Waals surface area contributed by atoms with Gasteiger partial charge in [0.05, 0.1) is 17.9 Å². The summed E-state index contributed by atoms with van der Waals surface area (Å²) in [4.78, 5) is 8.85. The van der Waals surface area contributed by atoms with Gasteiger partial charge >= 0.3 is 0 Å². The molecule has 0 aliphatic heterocycles. The van der Waals surface area contributed by atoms with E-state index in [2.05, 4.69) is 15.3 Å². The van der Waals surface area contributed by atoms with Gasteiger partial charge in [0.1, 0.15) is 10.8 Å². The molecule has 0 spiro atoms. The molecule has 0 saturated carbocycles. The molecule has 2 aromatic heterocycles. The number of hydrogen-bond donors (Lipinski definition) is 2. The molecule has 0 atom stereocenters. The van der Waals surface area contributed by atoms with Crippen LogP contribution in [-0.4, -0.2) is 15.1 Å². The number of thiazole rings is 1. The van der Waals surface area contributed by atoms with Crippen molar-refractivity contribution in [1.29, 1.82) is 0 Å². The molecular formula is C15H13N3OS. The first-order valence-electron chi connectivity index (χ1n) is 6.20. The lowest BCUT2D eigenvalue weighted by atomic mass is 10.3. The van der Waals surface area contributed by atoms with Crippen molar-refractivity contribution < 1.29 is 5.11 Å². The number of benzene rings is 1. The smallest absolute Gasteiger partial charge is 0.142 e. The van der Waals surface area contributed by atoms with Crippen molar-refractivity contribution in [2.45, 2.75) is 6.54 Å². The standard InChI is InChI=1S/C15H13N3OS/c19-13-6-4-11(5-7-13)17-9-12-10-20-15(18-12)14-3-1-2-8-16-14/h1-8,10,17,19H,9H2. The molecule has 100 valence electrons. The molecule has 0 saturated heterocycles. The Labute approximate surface area is 120 Å². The van der Waals surface area contributed by atoms with Crippen LogP contribution < -0.4 is 5.32 Å². The third-order valence-corrected chi connectivity index (χ3v) is 3.69. The molecule has 3 rings (SSSR count). The monoisotopic (exact) mass is 283 g/mol. The molecule has 0 radical (unpaired) electrons. The zero-order chi connectivity index (χ0) is 13.8. The summed E-state index contributed by atoms with van der Waals surface area (Å²) in [7, 11) is 0. The number of pyridine rings is 1. The molecule has 1 aromatic carbocycles. The Kier molecular flexibility index (Phi) is 3.60. The van der Waals surface area contributed by atoms with E-state index in [1.807, 2.05) is 35.7 Å². The number of nitrogens with one attached hydrogen (secondary N) is 1. The fraction of sp³-hybridized carbons (Fsp3) is 0.0667. The molecule has 3 aromatic rings. The van der Waals surface area contributed by atoms with Crippen molar-refractivity contribution >= 4 is 17.0 Å². The summed E-state index contributed by atoms with van der Waals surface area (Å²) in [6.07, 6.45) is 1.77. The van der Waals surface area contributed by atoms with Crippen molar-refractivity contribution in [3.8, 4) is 16.5 Å². The van der Waals surface area contributed by atoms with Crippen molar-refractivity contribution in [3.63, 3.8) is 0 Å². The lowest BCUT2D eigenvalue weighted by molar-refractivity contribution is 0.475. The Morgan fingerprint density at radius 3 is 2.70 bits per heavy atom. The molecule has 4 nitrogen and oxygen atoms in total. The lowest BCUT2D eigenvalue weighted by Crippen LogP contribution is -1.99. The molecule has 0 amide bonds. The summed E-state index contributed by atoms with van der Waals surface area (Å²) < 4.78 is 0. The summed E-state index contributed by atoms with van der Waals surface area (Å²) in [5.74, 6) is 0.265. The third kappa shape index (κ3) is 2.95. The molecule has 0 fully saturated rings. The van der Waals surface area contributed by atoms with Crippen LogP contribution >= 0.6 is 11.3 Å². The summed E-state index contributed by atoms with van der Waals surface area (Å²) in [5.41, 5.74) is 2.83. The highest BCUT2D eigenvalue weighted by Crippen LogP contribution is 2.22. The average Bonchev–Trinajstić information content (AvgIpc) is 2.97. The predicted molar refractivity (Wildman–Crippen MR) is 80.8 cm³/mol. The second-order valence-corrected chi connectivity index (χ2v) is 5.12. The van der Waals surface area contributed by atoms with Crippen molar-refractivity contribution in [1.82, 2.24) is 9.97 Å². The highest BCUT2D eigenvalue weighted by Gasteiger charge is 2.05. The molecular weight excluding hydrogens is 270 g/mol. The van der Waals surface area contributed by atoms with Gasteiger partial charge in [0.2, 0.25) is 0 Å². The molecule has 0 aliphatic rings. The van der Waals surface area contributed by atoms with E-state index in [4.69, 9.17) is 0 Å². The maximum atomic E-state index is 9.23. The van der Waals surface area contributed by atoms with Crippen LogP contribution in [0.4, 0.5) is 5.69 Å². The van der Waals surface area contributed by atoms with E-state index in [1.165, 1.54) is 0 Å². The first-order valence-corrected chi connectivity index (χ1v) is 7.08. The SMILES string of the molecule is Oc1ccc(NCc2csc(-c3ccccn3)n2)cc1. The Morgan fingerprint density at radius 1 is 1.10 bits per heavy atom.